The minimum absolute atomic E-state index is 0.532. The van der Waals surface area contributed by atoms with Crippen molar-refractivity contribution in [3.8, 4) is 0 Å². The van der Waals surface area contributed by atoms with E-state index in [0.29, 0.717) is 12.1 Å². The second kappa shape index (κ2) is 3.04. The molecule has 0 aromatic carbocycles. The van der Waals surface area contributed by atoms with Crippen LogP contribution in [0.15, 0.2) is 4.99 Å². The van der Waals surface area contributed by atoms with Crippen LogP contribution in [-0.4, -0.2) is 17.9 Å². The van der Waals surface area contributed by atoms with Gasteiger partial charge in [-0.2, -0.15) is 0 Å². The van der Waals surface area contributed by atoms with Gasteiger partial charge in [0.25, 0.3) is 0 Å². The van der Waals surface area contributed by atoms with Gasteiger partial charge in [-0.1, -0.05) is 13.3 Å². The van der Waals surface area contributed by atoms with E-state index in [2.05, 4.69) is 24.2 Å². The molecule has 0 fully saturated rings. The van der Waals surface area contributed by atoms with Crippen molar-refractivity contribution >= 4 is 5.84 Å². The predicted octanol–water partition coefficient (Wildman–Crippen LogP) is 1.57. The molecule has 1 heterocycles. The summed E-state index contributed by atoms with van der Waals surface area (Å²) in [4.78, 5) is 4.46. The number of hydrogen-bond acceptors (Lipinski definition) is 2. The van der Waals surface area contributed by atoms with Gasteiger partial charge in [-0.15, -0.1) is 0 Å². The molecule has 2 atom stereocenters. The Morgan fingerprint density at radius 3 is 2.70 bits per heavy atom. The second-order valence-electron chi connectivity index (χ2n) is 3.00. The maximum Gasteiger partial charge on any atom is 0.0938 e. The molecule has 1 aliphatic rings. The van der Waals surface area contributed by atoms with E-state index in [1.807, 2.05) is 6.92 Å². The molecule has 0 amide bonds. The summed E-state index contributed by atoms with van der Waals surface area (Å²) in [5, 5.41) is 3.30. The van der Waals surface area contributed by atoms with E-state index in [0.717, 1.165) is 5.84 Å². The molecule has 0 aromatic heterocycles. The van der Waals surface area contributed by atoms with Gasteiger partial charge in [-0.05, 0) is 20.3 Å². The van der Waals surface area contributed by atoms with Gasteiger partial charge in [-0.3, -0.25) is 4.99 Å². The molecule has 1 aliphatic heterocycles. The third-order valence-electron chi connectivity index (χ3n) is 1.96. The highest BCUT2D eigenvalue weighted by molar-refractivity contribution is 5.81. The van der Waals surface area contributed by atoms with Crippen molar-refractivity contribution in [3.05, 3.63) is 0 Å². The number of nitrogens with zero attached hydrogens (tertiary/aromatic N) is 1. The van der Waals surface area contributed by atoms with E-state index in [1.54, 1.807) is 0 Å². The minimum Gasteiger partial charge on any atom is -0.369 e. The molecular weight excluding hydrogens is 124 g/mol. The van der Waals surface area contributed by atoms with Crippen molar-refractivity contribution < 1.29 is 0 Å². The topological polar surface area (TPSA) is 24.4 Å². The summed E-state index contributed by atoms with van der Waals surface area (Å²) >= 11 is 0. The van der Waals surface area contributed by atoms with Crippen LogP contribution in [0.1, 0.15) is 33.6 Å². The number of rotatable bonds is 2. The molecule has 0 unspecified atom stereocenters. The van der Waals surface area contributed by atoms with Crippen molar-refractivity contribution in [2.75, 3.05) is 0 Å². The Labute approximate surface area is 62.7 Å². The Bertz CT molecular complexity index is 140. The number of nitrogens with one attached hydrogen (secondary N) is 1. The zero-order valence-electron chi connectivity index (χ0n) is 7.02. The standard InChI is InChI=1S/C8H16N2/c1-4-5-8-6(2)9-7(3)10-8/h6,8H,4-5H2,1-3H3,(H,9,10)/t6-,8-/m0/s1. The number of hydrogen-bond donors (Lipinski definition) is 1. The molecule has 0 radical (unpaired) electrons. The Morgan fingerprint density at radius 1 is 1.60 bits per heavy atom. The first kappa shape index (κ1) is 7.58. The lowest BCUT2D eigenvalue weighted by Crippen LogP contribution is -2.30. The van der Waals surface area contributed by atoms with Crippen LogP contribution in [0.25, 0.3) is 0 Å². The number of aliphatic imine (C=N–C) groups is 1. The molecule has 0 aromatic rings. The second-order valence-corrected chi connectivity index (χ2v) is 3.00. The molecule has 0 spiro atoms. The highest BCUT2D eigenvalue weighted by Crippen LogP contribution is 2.11. The average Bonchev–Trinajstić information content (AvgIpc) is 2.13. The van der Waals surface area contributed by atoms with Crippen molar-refractivity contribution in [2.24, 2.45) is 4.99 Å². The molecule has 10 heavy (non-hydrogen) atoms. The first-order valence-corrected chi connectivity index (χ1v) is 4.05. The van der Waals surface area contributed by atoms with E-state index in [-0.39, 0.29) is 0 Å². The van der Waals surface area contributed by atoms with Crippen LogP contribution in [0.4, 0.5) is 0 Å². The molecule has 0 bridgehead atoms. The summed E-state index contributed by atoms with van der Waals surface area (Å²) < 4.78 is 0. The van der Waals surface area contributed by atoms with Gasteiger partial charge in [0.2, 0.25) is 0 Å². The van der Waals surface area contributed by atoms with Crippen LogP contribution in [0.5, 0.6) is 0 Å². The summed E-state index contributed by atoms with van der Waals surface area (Å²) in [6, 6.07) is 1.09. The van der Waals surface area contributed by atoms with Crippen LogP contribution in [0, 0.1) is 0 Å². The first-order valence-electron chi connectivity index (χ1n) is 4.05. The quantitative estimate of drug-likeness (QED) is 0.618. The molecule has 1 rings (SSSR count). The van der Waals surface area contributed by atoms with Gasteiger partial charge in [0.05, 0.1) is 11.9 Å². The predicted molar refractivity (Wildman–Crippen MR) is 44.4 cm³/mol. The maximum atomic E-state index is 4.46. The molecular formula is C8H16N2. The van der Waals surface area contributed by atoms with Crippen LogP contribution < -0.4 is 5.32 Å². The van der Waals surface area contributed by atoms with Gasteiger partial charge in [0, 0.05) is 6.04 Å². The van der Waals surface area contributed by atoms with E-state index in [1.165, 1.54) is 12.8 Å². The van der Waals surface area contributed by atoms with Crippen molar-refractivity contribution in [1.82, 2.24) is 5.32 Å². The Hall–Kier alpha value is -0.530. The molecule has 2 nitrogen and oxygen atoms in total. The fraction of sp³-hybridized carbons (Fsp3) is 0.875. The SMILES string of the molecule is CCC[C@@H]1N=C(C)N[C@H]1C. The Morgan fingerprint density at radius 2 is 2.30 bits per heavy atom. The van der Waals surface area contributed by atoms with Gasteiger partial charge in [0.15, 0.2) is 0 Å². The summed E-state index contributed by atoms with van der Waals surface area (Å²) in [5.74, 6) is 1.10. The molecule has 0 saturated heterocycles. The Balaban J connectivity index is 2.44. The summed E-state index contributed by atoms with van der Waals surface area (Å²) in [6.45, 7) is 6.43. The van der Waals surface area contributed by atoms with Gasteiger partial charge in [-0.25, -0.2) is 0 Å². The van der Waals surface area contributed by atoms with E-state index in [4.69, 9.17) is 0 Å². The molecule has 0 saturated carbocycles. The maximum absolute atomic E-state index is 4.46. The van der Waals surface area contributed by atoms with E-state index >= 15 is 0 Å². The van der Waals surface area contributed by atoms with Gasteiger partial charge < -0.3 is 5.32 Å². The lowest BCUT2D eigenvalue weighted by Gasteiger charge is -2.11. The lowest BCUT2D eigenvalue weighted by atomic mass is 10.1. The smallest absolute Gasteiger partial charge is 0.0938 e. The molecule has 58 valence electrons. The van der Waals surface area contributed by atoms with E-state index in [9.17, 15) is 0 Å². The highest BCUT2D eigenvalue weighted by Gasteiger charge is 2.20. The zero-order valence-corrected chi connectivity index (χ0v) is 7.02. The lowest BCUT2D eigenvalue weighted by molar-refractivity contribution is 0.522. The molecule has 2 heteroatoms. The average molecular weight is 140 g/mol. The summed E-state index contributed by atoms with van der Waals surface area (Å²) in [6.07, 6.45) is 2.44. The third-order valence-corrected chi connectivity index (χ3v) is 1.96. The largest absolute Gasteiger partial charge is 0.369 e. The van der Waals surface area contributed by atoms with Crippen LogP contribution in [-0.2, 0) is 0 Å². The minimum atomic E-state index is 0.532. The molecule has 0 aliphatic carbocycles. The molecule has 1 N–H and O–H groups in total. The van der Waals surface area contributed by atoms with Crippen LogP contribution >= 0.6 is 0 Å². The van der Waals surface area contributed by atoms with Gasteiger partial charge in [0.1, 0.15) is 0 Å². The first-order chi connectivity index (χ1) is 4.74. The monoisotopic (exact) mass is 140 g/mol. The third kappa shape index (κ3) is 1.49. The van der Waals surface area contributed by atoms with Gasteiger partial charge >= 0.3 is 0 Å². The summed E-state index contributed by atoms with van der Waals surface area (Å²) in [5.41, 5.74) is 0. The normalized spacial score (nSPS) is 31.7. The Kier molecular flexibility index (Phi) is 2.30. The van der Waals surface area contributed by atoms with Crippen molar-refractivity contribution in [3.63, 3.8) is 0 Å². The fourth-order valence-corrected chi connectivity index (χ4v) is 1.43. The summed E-state index contributed by atoms with van der Waals surface area (Å²) in [7, 11) is 0. The van der Waals surface area contributed by atoms with E-state index < -0.39 is 0 Å². The number of amidine groups is 1. The fourth-order valence-electron chi connectivity index (χ4n) is 1.43. The van der Waals surface area contributed by atoms with Crippen molar-refractivity contribution in [2.45, 2.75) is 45.7 Å². The highest BCUT2D eigenvalue weighted by atomic mass is 15.1. The van der Waals surface area contributed by atoms with Crippen LogP contribution in [0.3, 0.4) is 0 Å². The zero-order chi connectivity index (χ0) is 7.56. The van der Waals surface area contributed by atoms with Crippen molar-refractivity contribution in [1.29, 1.82) is 0 Å². The van der Waals surface area contributed by atoms with Crippen LogP contribution in [0.2, 0.25) is 0 Å².